The van der Waals surface area contributed by atoms with Gasteiger partial charge in [0.15, 0.2) is 0 Å². The van der Waals surface area contributed by atoms with Crippen LogP contribution in [0.15, 0.2) is 3.79 Å². The van der Waals surface area contributed by atoms with E-state index in [2.05, 4.69) is 21.2 Å². The highest BCUT2D eigenvalue weighted by molar-refractivity contribution is 9.11. The van der Waals surface area contributed by atoms with Crippen molar-refractivity contribution in [2.75, 3.05) is 31.6 Å². The molecule has 0 bridgehead atoms. The van der Waals surface area contributed by atoms with Gasteiger partial charge in [-0.3, -0.25) is 0 Å². The second kappa shape index (κ2) is 6.92. The fourth-order valence-electron chi connectivity index (χ4n) is 3.41. The topological polar surface area (TPSA) is 67.6 Å². The highest BCUT2D eigenvalue weighted by atomic mass is 79.9. The highest BCUT2D eigenvalue weighted by Crippen LogP contribution is 2.46. The minimum absolute atomic E-state index is 0.0799. The Kier molecular flexibility index (Phi) is 5.28. The summed E-state index contributed by atoms with van der Waals surface area (Å²) in [6.45, 7) is -1.20. The van der Waals surface area contributed by atoms with Crippen molar-refractivity contribution in [3.63, 3.8) is 0 Å². The van der Waals surface area contributed by atoms with Gasteiger partial charge in [0.25, 0.3) is 11.8 Å². The molecule has 2 aliphatic heterocycles. The number of hydrogen-bond acceptors (Lipinski definition) is 6. The third kappa shape index (κ3) is 3.85. The smallest absolute Gasteiger partial charge is 0.350 e. The molecule has 0 radical (unpaired) electrons. The second-order valence-corrected chi connectivity index (χ2v) is 8.99. The number of fused-ring (bicyclic) bond motifs is 1. The molecule has 0 spiro atoms. The second-order valence-electron chi connectivity index (χ2n) is 6.65. The van der Waals surface area contributed by atoms with Crippen molar-refractivity contribution in [1.82, 2.24) is 5.32 Å². The fraction of sp³-hybridized carbons (Fsp3) is 0.667. The maximum atomic E-state index is 14.2. The van der Waals surface area contributed by atoms with Gasteiger partial charge in [0.2, 0.25) is 0 Å². The standard InChI is InChI=1S/C15H18BrF4N3O2S/c1-25-13(24)11-10-7(12(16)26-11)2-15(19,20)6-23(10)4-8(21)9-3-14(17,18)5-22-9/h8-9,22H,2-6,21H2,1H3/t8-,9+/m1/s1. The number of alkyl halides is 4. The monoisotopic (exact) mass is 459 g/mol. The van der Waals surface area contributed by atoms with Gasteiger partial charge in [-0.15, -0.1) is 11.3 Å². The number of carbonyl (C=O) groups excluding carboxylic acids is 1. The van der Waals surface area contributed by atoms with Crippen LogP contribution in [0.3, 0.4) is 0 Å². The molecule has 5 nitrogen and oxygen atoms in total. The average Bonchev–Trinajstić information content (AvgIpc) is 3.06. The summed E-state index contributed by atoms with van der Waals surface area (Å²) in [4.78, 5) is 13.6. The summed E-state index contributed by atoms with van der Waals surface area (Å²) < 4.78 is 60.4. The van der Waals surface area contributed by atoms with Crippen LogP contribution >= 0.6 is 27.3 Å². The van der Waals surface area contributed by atoms with Crippen LogP contribution in [0.1, 0.15) is 21.7 Å². The fourth-order valence-corrected chi connectivity index (χ4v) is 5.21. The molecule has 3 heterocycles. The van der Waals surface area contributed by atoms with Gasteiger partial charge < -0.3 is 20.7 Å². The van der Waals surface area contributed by atoms with Crippen LogP contribution in [-0.4, -0.2) is 56.6 Å². The van der Waals surface area contributed by atoms with E-state index in [-0.39, 0.29) is 11.4 Å². The molecule has 2 atom stereocenters. The molecule has 0 unspecified atom stereocenters. The van der Waals surface area contributed by atoms with Gasteiger partial charge in [-0.25, -0.2) is 22.4 Å². The molecule has 1 saturated heterocycles. The number of carbonyl (C=O) groups is 1. The van der Waals surface area contributed by atoms with Crippen molar-refractivity contribution in [2.24, 2.45) is 5.73 Å². The van der Waals surface area contributed by atoms with E-state index in [4.69, 9.17) is 10.5 Å². The Bertz CT molecular complexity index is 715. The van der Waals surface area contributed by atoms with Gasteiger partial charge in [-0.1, -0.05) is 0 Å². The Morgan fingerprint density at radius 3 is 2.73 bits per heavy atom. The van der Waals surface area contributed by atoms with E-state index in [1.165, 1.54) is 12.0 Å². The first-order chi connectivity index (χ1) is 12.0. The van der Waals surface area contributed by atoms with Crippen molar-refractivity contribution < 1.29 is 27.1 Å². The van der Waals surface area contributed by atoms with E-state index >= 15 is 0 Å². The van der Waals surface area contributed by atoms with Crippen LogP contribution in [0.4, 0.5) is 23.2 Å². The minimum atomic E-state index is -3.02. The Labute approximate surface area is 160 Å². The Morgan fingerprint density at radius 1 is 1.46 bits per heavy atom. The normalized spacial score (nSPS) is 25.0. The molecular weight excluding hydrogens is 442 g/mol. The summed E-state index contributed by atoms with van der Waals surface area (Å²) in [6, 6.07) is -1.48. The van der Waals surface area contributed by atoms with E-state index < -0.39 is 55.8 Å². The Hall–Kier alpha value is -0.910. The zero-order valence-electron chi connectivity index (χ0n) is 13.8. The minimum Gasteiger partial charge on any atom is -0.465 e. The summed E-state index contributed by atoms with van der Waals surface area (Å²) in [5, 5.41) is 2.65. The van der Waals surface area contributed by atoms with Gasteiger partial charge >= 0.3 is 5.97 Å². The Morgan fingerprint density at radius 2 is 2.15 bits per heavy atom. The molecule has 1 aromatic heterocycles. The summed E-state index contributed by atoms with van der Waals surface area (Å²) in [7, 11) is 1.21. The van der Waals surface area contributed by atoms with Crippen molar-refractivity contribution >= 4 is 38.9 Å². The zero-order chi connectivity index (χ0) is 19.3. The van der Waals surface area contributed by atoms with Crippen molar-refractivity contribution in [2.45, 2.75) is 36.8 Å². The molecule has 1 fully saturated rings. The number of rotatable bonds is 4. The SMILES string of the molecule is COC(=O)c1sc(Br)c2c1N(C[C@@H](N)[C@@H]1CC(F)(F)CN1)CC(F)(F)C2. The van der Waals surface area contributed by atoms with Gasteiger partial charge in [0.1, 0.15) is 4.88 Å². The maximum Gasteiger partial charge on any atom is 0.350 e. The predicted octanol–water partition coefficient (Wildman–Crippen LogP) is 2.62. The lowest BCUT2D eigenvalue weighted by Gasteiger charge is -2.37. The molecule has 146 valence electrons. The number of nitrogens with two attached hydrogens (primary N) is 1. The predicted molar refractivity (Wildman–Crippen MR) is 93.6 cm³/mol. The molecule has 1 aromatic rings. The number of nitrogens with zero attached hydrogens (tertiary/aromatic N) is 1. The number of anilines is 1. The van der Waals surface area contributed by atoms with E-state index in [9.17, 15) is 22.4 Å². The van der Waals surface area contributed by atoms with Gasteiger partial charge in [0, 0.05) is 37.0 Å². The van der Waals surface area contributed by atoms with Gasteiger partial charge in [-0.05, 0) is 15.9 Å². The van der Waals surface area contributed by atoms with E-state index in [0.717, 1.165) is 11.3 Å². The van der Waals surface area contributed by atoms with Gasteiger partial charge in [-0.2, -0.15) is 0 Å². The lowest BCUT2D eigenvalue weighted by molar-refractivity contribution is 0.00434. The molecular formula is C15H18BrF4N3O2S. The number of esters is 1. The number of nitrogens with one attached hydrogen (secondary N) is 1. The number of halogens is 5. The van der Waals surface area contributed by atoms with Crippen LogP contribution in [0.2, 0.25) is 0 Å². The highest BCUT2D eigenvalue weighted by Gasteiger charge is 2.45. The molecule has 0 amide bonds. The van der Waals surface area contributed by atoms with Crippen LogP contribution in [0.25, 0.3) is 0 Å². The molecule has 0 saturated carbocycles. The molecule has 0 aromatic carbocycles. The van der Waals surface area contributed by atoms with E-state index in [1.807, 2.05) is 0 Å². The molecule has 3 rings (SSSR count). The average molecular weight is 460 g/mol. The number of hydrogen-bond donors (Lipinski definition) is 2. The third-order valence-electron chi connectivity index (χ3n) is 4.56. The number of methoxy groups -OCH3 is 1. The molecule has 0 aliphatic carbocycles. The lowest BCUT2D eigenvalue weighted by atomic mass is 9.99. The summed E-state index contributed by atoms with van der Waals surface area (Å²) in [6.07, 6.45) is -0.954. The number of thiophene rings is 1. The lowest BCUT2D eigenvalue weighted by Crippen LogP contribution is -2.53. The first kappa shape index (κ1) is 19.8. The van der Waals surface area contributed by atoms with Crippen molar-refractivity contribution in [3.05, 3.63) is 14.2 Å². The summed E-state index contributed by atoms with van der Waals surface area (Å²) >= 11 is 4.25. The summed E-state index contributed by atoms with van der Waals surface area (Å²) in [5.41, 5.74) is 6.69. The zero-order valence-corrected chi connectivity index (χ0v) is 16.2. The van der Waals surface area contributed by atoms with Gasteiger partial charge in [0.05, 0.1) is 29.7 Å². The van der Waals surface area contributed by atoms with E-state index in [0.29, 0.717) is 15.0 Å². The van der Waals surface area contributed by atoms with Crippen LogP contribution < -0.4 is 16.0 Å². The largest absolute Gasteiger partial charge is 0.465 e. The first-order valence-corrected chi connectivity index (χ1v) is 9.53. The van der Waals surface area contributed by atoms with Crippen molar-refractivity contribution in [1.29, 1.82) is 0 Å². The molecule has 26 heavy (non-hydrogen) atoms. The third-order valence-corrected chi connectivity index (χ3v) is 6.52. The van der Waals surface area contributed by atoms with Crippen LogP contribution in [0.5, 0.6) is 0 Å². The Balaban J connectivity index is 1.89. The number of ether oxygens (including phenoxy) is 1. The van der Waals surface area contributed by atoms with E-state index in [1.54, 1.807) is 0 Å². The van der Waals surface area contributed by atoms with Crippen molar-refractivity contribution in [3.8, 4) is 0 Å². The summed E-state index contributed by atoms with van der Waals surface area (Å²) in [5.74, 6) is -6.51. The quantitative estimate of drug-likeness (QED) is 0.535. The molecule has 3 N–H and O–H groups in total. The molecule has 2 aliphatic rings. The van der Waals surface area contributed by atoms with Crippen LogP contribution in [0, 0.1) is 0 Å². The van der Waals surface area contributed by atoms with Crippen LogP contribution in [-0.2, 0) is 11.2 Å². The first-order valence-electron chi connectivity index (χ1n) is 7.92. The molecule has 11 heteroatoms. The maximum absolute atomic E-state index is 14.2.